The highest BCUT2D eigenvalue weighted by Gasteiger charge is 2.29. The minimum Gasteiger partial charge on any atom is -0.485 e. The van der Waals surface area contributed by atoms with Crippen molar-refractivity contribution in [3.05, 3.63) is 65.5 Å². The van der Waals surface area contributed by atoms with E-state index >= 15 is 0 Å². The summed E-state index contributed by atoms with van der Waals surface area (Å²) in [6.45, 7) is 0. The summed E-state index contributed by atoms with van der Waals surface area (Å²) >= 11 is 0. The molecule has 2 atom stereocenters. The van der Waals surface area contributed by atoms with E-state index in [0.29, 0.717) is 5.56 Å². The smallest absolute Gasteiger partial charge is 0.130 e. The van der Waals surface area contributed by atoms with Crippen LogP contribution in [0.15, 0.2) is 48.5 Å². The second-order valence-electron chi connectivity index (χ2n) is 4.74. The topological polar surface area (TPSA) is 21.3 Å². The quantitative estimate of drug-likeness (QED) is 0.887. The van der Waals surface area contributed by atoms with E-state index < -0.39 is 0 Å². The Bertz CT molecular complexity index is 584. The molecule has 0 saturated carbocycles. The van der Waals surface area contributed by atoms with Gasteiger partial charge in [0.15, 0.2) is 0 Å². The van der Waals surface area contributed by atoms with E-state index in [1.165, 1.54) is 6.07 Å². The molecular weight excluding hydrogens is 241 g/mol. The average molecular weight is 257 g/mol. The van der Waals surface area contributed by atoms with Crippen LogP contribution in [0.25, 0.3) is 0 Å². The zero-order chi connectivity index (χ0) is 13.2. The molecule has 0 radical (unpaired) electrons. The summed E-state index contributed by atoms with van der Waals surface area (Å²) < 4.78 is 19.8. The van der Waals surface area contributed by atoms with Gasteiger partial charge < -0.3 is 10.1 Å². The van der Waals surface area contributed by atoms with Gasteiger partial charge in [-0.05, 0) is 19.2 Å². The van der Waals surface area contributed by atoms with Gasteiger partial charge in [0.2, 0.25) is 0 Å². The summed E-state index contributed by atoms with van der Waals surface area (Å²) in [6.07, 6.45) is 0.489. The number of fused-ring (bicyclic) bond motifs is 1. The molecule has 19 heavy (non-hydrogen) atoms. The Labute approximate surface area is 112 Å². The first kappa shape index (κ1) is 12.2. The lowest BCUT2D eigenvalue weighted by atomic mass is 9.93. The summed E-state index contributed by atoms with van der Waals surface area (Å²) in [5, 5.41) is 3.28. The van der Waals surface area contributed by atoms with Crippen LogP contribution in [0.5, 0.6) is 5.75 Å². The molecular formula is C16H16FNO. The van der Waals surface area contributed by atoms with Gasteiger partial charge in [0, 0.05) is 23.6 Å². The number of ether oxygens (including phenoxy) is 1. The molecule has 2 aromatic carbocycles. The molecule has 1 N–H and O–H groups in total. The van der Waals surface area contributed by atoms with E-state index in [2.05, 4.69) is 5.32 Å². The van der Waals surface area contributed by atoms with Crippen LogP contribution in [-0.4, -0.2) is 7.05 Å². The predicted octanol–water partition coefficient (Wildman–Crippen LogP) is 3.61. The Morgan fingerprint density at radius 3 is 2.47 bits per heavy atom. The third kappa shape index (κ3) is 2.22. The van der Waals surface area contributed by atoms with Crippen LogP contribution in [0.1, 0.15) is 29.7 Å². The molecule has 0 spiro atoms. The second kappa shape index (κ2) is 5.02. The Kier molecular flexibility index (Phi) is 3.22. The number of halogens is 1. The molecule has 0 bridgehead atoms. The monoisotopic (exact) mass is 257 g/mol. The van der Waals surface area contributed by atoms with Crippen LogP contribution < -0.4 is 10.1 Å². The van der Waals surface area contributed by atoms with Crippen LogP contribution >= 0.6 is 0 Å². The van der Waals surface area contributed by atoms with Crippen molar-refractivity contribution >= 4 is 0 Å². The van der Waals surface area contributed by atoms with E-state index in [4.69, 9.17) is 4.74 Å². The summed E-state index contributed by atoms with van der Waals surface area (Å²) in [5.41, 5.74) is 1.76. The number of hydrogen-bond donors (Lipinski definition) is 1. The summed E-state index contributed by atoms with van der Waals surface area (Å²) in [5.74, 6) is 0.628. The average Bonchev–Trinajstić information content (AvgIpc) is 2.46. The van der Waals surface area contributed by atoms with Gasteiger partial charge in [-0.3, -0.25) is 0 Å². The van der Waals surface area contributed by atoms with Crippen molar-refractivity contribution in [2.24, 2.45) is 0 Å². The fourth-order valence-electron chi connectivity index (χ4n) is 2.62. The van der Waals surface area contributed by atoms with Crippen molar-refractivity contribution in [2.75, 3.05) is 7.05 Å². The Morgan fingerprint density at radius 2 is 1.74 bits per heavy atom. The van der Waals surface area contributed by atoms with Gasteiger partial charge in [0.25, 0.3) is 0 Å². The van der Waals surface area contributed by atoms with Crippen LogP contribution in [0.3, 0.4) is 0 Å². The molecule has 1 aliphatic heterocycles. The van der Waals surface area contributed by atoms with Crippen molar-refractivity contribution in [2.45, 2.75) is 18.6 Å². The standard InChI is InChI=1S/C16H16FNO/c1-18-14-10-16(11-6-2-4-8-13(11)17)19-15-9-5-3-7-12(14)15/h2-9,14,16,18H,10H2,1H3. The molecule has 2 aromatic rings. The molecule has 3 rings (SSSR count). The van der Waals surface area contributed by atoms with Gasteiger partial charge >= 0.3 is 0 Å². The van der Waals surface area contributed by atoms with E-state index in [-0.39, 0.29) is 18.0 Å². The molecule has 98 valence electrons. The molecule has 0 saturated heterocycles. The fraction of sp³-hybridized carbons (Fsp3) is 0.250. The molecule has 0 aliphatic carbocycles. The second-order valence-corrected chi connectivity index (χ2v) is 4.74. The molecule has 1 heterocycles. The van der Waals surface area contributed by atoms with Crippen molar-refractivity contribution in [1.82, 2.24) is 5.32 Å². The van der Waals surface area contributed by atoms with Gasteiger partial charge in [0.05, 0.1) is 0 Å². The third-order valence-corrected chi connectivity index (χ3v) is 3.61. The first-order chi connectivity index (χ1) is 9.29. The summed E-state index contributed by atoms with van der Waals surface area (Å²) in [4.78, 5) is 0. The predicted molar refractivity (Wildman–Crippen MR) is 72.6 cm³/mol. The Balaban J connectivity index is 1.98. The Hall–Kier alpha value is -1.87. The lowest BCUT2D eigenvalue weighted by Crippen LogP contribution is -2.27. The van der Waals surface area contributed by atoms with Crippen molar-refractivity contribution in [3.8, 4) is 5.75 Å². The lowest BCUT2D eigenvalue weighted by molar-refractivity contribution is 0.150. The molecule has 0 amide bonds. The van der Waals surface area contributed by atoms with E-state index in [0.717, 1.165) is 17.7 Å². The van der Waals surface area contributed by atoms with E-state index in [1.807, 2.05) is 37.4 Å². The van der Waals surface area contributed by atoms with Crippen molar-refractivity contribution < 1.29 is 9.13 Å². The normalized spacial score (nSPS) is 21.6. The number of rotatable bonds is 2. The van der Waals surface area contributed by atoms with Crippen LogP contribution in [0, 0.1) is 5.82 Å². The third-order valence-electron chi connectivity index (χ3n) is 3.61. The first-order valence-electron chi connectivity index (χ1n) is 6.47. The maximum Gasteiger partial charge on any atom is 0.130 e. The molecule has 2 unspecified atom stereocenters. The molecule has 0 fully saturated rings. The zero-order valence-corrected chi connectivity index (χ0v) is 10.8. The zero-order valence-electron chi connectivity index (χ0n) is 10.8. The highest BCUT2D eigenvalue weighted by atomic mass is 19.1. The van der Waals surface area contributed by atoms with Crippen LogP contribution in [0.4, 0.5) is 4.39 Å². The highest BCUT2D eigenvalue weighted by Crippen LogP contribution is 2.40. The molecule has 0 aromatic heterocycles. The van der Waals surface area contributed by atoms with Crippen LogP contribution in [-0.2, 0) is 0 Å². The van der Waals surface area contributed by atoms with E-state index in [9.17, 15) is 4.39 Å². The fourth-order valence-corrected chi connectivity index (χ4v) is 2.62. The Morgan fingerprint density at radius 1 is 1.05 bits per heavy atom. The summed E-state index contributed by atoms with van der Waals surface area (Å²) in [6, 6.07) is 14.9. The largest absolute Gasteiger partial charge is 0.485 e. The maximum absolute atomic E-state index is 13.9. The number of benzene rings is 2. The lowest BCUT2D eigenvalue weighted by Gasteiger charge is -2.32. The van der Waals surface area contributed by atoms with Crippen molar-refractivity contribution in [3.63, 3.8) is 0 Å². The van der Waals surface area contributed by atoms with Gasteiger partial charge in [-0.25, -0.2) is 4.39 Å². The van der Waals surface area contributed by atoms with Gasteiger partial charge in [-0.1, -0.05) is 36.4 Å². The number of para-hydroxylation sites is 1. The SMILES string of the molecule is CNC1CC(c2ccccc2F)Oc2ccccc21. The molecule has 2 nitrogen and oxygen atoms in total. The van der Waals surface area contributed by atoms with Crippen molar-refractivity contribution in [1.29, 1.82) is 0 Å². The van der Waals surface area contributed by atoms with Gasteiger partial charge in [-0.15, -0.1) is 0 Å². The van der Waals surface area contributed by atoms with Gasteiger partial charge in [0.1, 0.15) is 17.7 Å². The van der Waals surface area contributed by atoms with E-state index in [1.54, 1.807) is 12.1 Å². The van der Waals surface area contributed by atoms with Crippen LogP contribution in [0.2, 0.25) is 0 Å². The summed E-state index contributed by atoms with van der Waals surface area (Å²) in [7, 11) is 1.92. The first-order valence-corrected chi connectivity index (χ1v) is 6.47. The maximum atomic E-state index is 13.9. The van der Waals surface area contributed by atoms with Gasteiger partial charge in [-0.2, -0.15) is 0 Å². The minimum atomic E-state index is -0.242. The number of nitrogens with one attached hydrogen (secondary N) is 1. The molecule has 3 heteroatoms. The number of hydrogen-bond acceptors (Lipinski definition) is 2. The molecule has 1 aliphatic rings. The highest BCUT2D eigenvalue weighted by molar-refractivity contribution is 5.39. The minimum absolute atomic E-state index is 0.189.